The molecule has 11 fully saturated rings. The van der Waals surface area contributed by atoms with Crippen LogP contribution in [0.5, 0.6) is 0 Å². The molecule has 200 valence electrons. The molecule has 12 rings (SSSR count). The molecule has 0 heterocycles. The van der Waals surface area contributed by atoms with Crippen molar-refractivity contribution in [3.8, 4) is 0 Å². The highest BCUT2D eigenvalue weighted by Crippen LogP contribution is 2.74. The van der Waals surface area contributed by atoms with Gasteiger partial charge in [0.25, 0.3) is 0 Å². The number of hydrogen-bond donors (Lipinski definition) is 0. The third kappa shape index (κ3) is 2.64. The van der Waals surface area contributed by atoms with Gasteiger partial charge in [0.15, 0.2) is 0 Å². The SMILES string of the molecule is CC(OC(=O)C1CC2CC1C1C3C=CC(C3)C21)(C12CC3CC(CC(C3)C1)C2)C12CC3CC(CC(C3)C1)C2. The van der Waals surface area contributed by atoms with Crippen LogP contribution in [0.4, 0.5) is 0 Å². The van der Waals surface area contributed by atoms with Crippen LogP contribution in [0.25, 0.3) is 0 Å². The zero-order valence-corrected chi connectivity index (χ0v) is 23.1. The van der Waals surface area contributed by atoms with Gasteiger partial charge in [0.05, 0.1) is 5.92 Å². The average molecular weight is 501 g/mol. The fourth-order valence-corrected chi connectivity index (χ4v) is 15.7. The molecule has 12 aliphatic rings. The van der Waals surface area contributed by atoms with Crippen LogP contribution in [-0.2, 0) is 9.53 Å². The smallest absolute Gasteiger partial charge is 0.309 e. The lowest BCUT2D eigenvalue weighted by molar-refractivity contribution is -0.275. The summed E-state index contributed by atoms with van der Waals surface area (Å²) in [5.41, 5.74) is 0.329. The Labute approximate surface area is 224 Å². The van der Waals surface area contributed by atoms with E-state index in [0.29, 0.717) is 5.92 Å². The minimum atomic E-state index is -0.223. The van der Waals surface area contributed by atoms with Crippen molar-refractivity contribution in [2.45, 2.75) is 109 Å². The fraction of sp³-hybridized carbons (Fsp3) is 0.914. The van der Waals surface area contributed by atoms with E-state index in [0.717, 1.165) is 71.5 Å². The highest BCUT2D eigenvalue weighted by atomic mass is 16.6. The Morgan fingerprint density at radius 1 is 0.649 bits per heavy atom. The average Bonchev–Trinajstić information content (AvgIpc) is 3.62. The summed E-state index contributed by atoms with van der Waals surface area (Å²) in [5.74, 6) is 10.8. The quantitative estimate of drug-likeness (QED) is 0.223. The van der Waals surface area contributed by atoms with Gasteiger partial charge < -0.3 is 4.74 Å². The summed E-state index contributed by atoms with van der Waals surface area (Å²) in [4.78, 5) is 14.6. The minimum Gasteiger partial charge on any atom is -0.458 e. The van der Waals surface area contributed by atoms with Gasteiger partial charge >= 0.3 is 5.97 Å². The third-order valence-electron chi connectivity index (χ3n) is 16.0. The maximum atomic E-state index is 14.6. The molecule has 0 N–H and O–H groups in total. The predicted molar refractivity (Wildman–Crippen MR) is 143 cm³/mol. The first kappa shape index (κ1) is 22.0. The summed E-state index contributed by atoms with van der Waals surface area (Å²) in [5, 5.41) is 0. The number of fused-ring (bicyclic) bond motifs is 9. The van der Waals surface area contributed by atoms with Crippen LogP contribution in [0, 0.1) is 87.8 Å². The van der Waals surface area contributed by atoms with E-state index in [1.807, 2.05) is 0 Å². The molecule has 0 aromatic carbocycles. The predicted octanol–water partition coefficient (Wildman–Crippen LogP) is 7.82. The van der Waals surface area contributed by atoms with Crippen LogP contribution in [0.1, 0.15) is 103 Å². The topological polar surface area (TPSA) is 26.3 Å². The Kier molecular flexibility index (Phi) is 4.10. The van der Waals surface area contributed by atoms with Gasteiger partial charge in [-0.2, -0.15) is 0 Å². The molecule has 11 saturated carbocycles. The highest BCUT2D eigenvalue weighted by molar-refractivity contribution is 5.74. The van der Waals surface area contributed by atoms with Crippen LogP contribution in [0.3, 0.4) is 0 Å². The van der Waals surface area contributed by atoms with Crippen LogP contribution in [0.2, 0.25) is 0 Å². The summed E-state index contributed by atoms with van der Waals surface area (Å²) in [7, 11) is 0. The first-order valence-electron chi connectivity index (χ1n) is 16.8. The van der Waals surface area contributed by atoms with Crippen LogP contribution in [0.15, 0.2) is 12.2 Å². The Bertz CT molecular complexity index is 953. The zero-order valence-electron chi connectivity index (χ0n) is 23.1. The monoisotopic (exact) mass is 500 g/mol. The van der Waals surface area contributed by atoms with E-state index in [9.17, 15) is 4.79 Å². The Balaban J connectivity index is 1.03. The molecular weight excluding hydrogens is 452 g/mol. The van der Waals surface area contributed by atoms with Gasteiger partial charge in [0.1, 0.15) is 5.60 Å². The molecule has 7 unspecified atom stereocenters. The number of ether oxygens (including phenoxy) is 1. The summed E-state index contributed by atoms with van der Waals surface area (Å²) in [6.45, 7) is 2.57. The molecule has 0 aromatic rings. The number of carbonyl (C=O) groups is 1. The standard InChI is InChI=1S/C35H48O2/c1-33(34-13-19-4-20(14-34)6-21(5-19)15-34,35-16-22-7-23(17-35)9-24(8-22)18-35)37-32(36)29-12-27-11-28(29)31-26-3-2-25(10-26)30(27)31/h2-3,19-31H,4-18H2,1H3. The molecule has 0 saturated heterocycles. The second kappa shape index (κ2) is 6.91. The molecule has 0 amide bonds. The van der Waals surface area contributed by atoms with Crippen molar-refractivity contribution in [1.29, 1.82) is 0 Å². The lowest BCUT2D eigenvalue weighted by Gasteiger charge is -2.70. The molecule has 12 aliphatic carbocycles. The molecule has 0 aromatic heterocycles. The van der Waals surface area contributed by atoms with E-state index in [2.05, 4.69) is 19.1 Å². The van der Waals surface area contributed by atoms with E-state index in [1.54, 1.807) is 0 Å². The summed E-state index contributed by atoms with van der Waals surface area (Å²) in [6, 6.07) is 0. The number of esters is 1. The van der Waals surface area contributed by atoms with Gasteiger partial charge in [-0.1, -0.05) is 12.2 Å². The zero-order chi connectivity index (χ0) is 24.3. The lowest BCUT2D eigenvalue weighted by atomic mass is 9.37. The maximum absolute atomic E-state index is 14.6. The lowest BCUT2D eigenvalue weighted by Crippen LogP contribution is -2.69. The summed E-state index contributed by atoms with van der Waals surface area (Å²) >= 11 is 0. The van der Waals surface area contributed by atoms with E-state index >= 15 is 0 Å². The van der Waals surface area contributed by atoms with Crippen molar-refractivity contribution in [3.05, 3.63) is 12.2 Å². The summed E-state index contributed by atoms with van der Waals surface area (Å²) in [6.07, 6.45) is 26.1. The number of hydrogen-bond acceptors (Lipinski definition) is 2. The van der Waals surface area contributed by atoms with Gasteiger partial charge in [0, 0.05) is 10.8 Å². The largest absolute Gasteiger partial charge is 0.458 e. The van der Waals surface area contributed by atoms with Crippen LogP contribution < -0.4 is 0 Å². The molecule has 37 heavy (non-hydrogen) atoms. The van der Waals surface area contributed by atoms with E-state index in [4.69, 9.17) is 4.74 Å². The van der Waals surface area contributed by atoms with Crippen molar-refractivity contribution in [1.82, 2.24) is 0 Å². The number of rotatable bonds is 4. The Hall–Kier alpha value is -0.790. The third-order valence-corrected chi connectivity index (χ3v) is 16.0. The van der Waals surface area contributed by atoms with Crippen LogP contribution >= 0.6 is 0 Å². The van der Waals surface area contributed by atoms with Crippen molar-refractivity contribution >= 4 is 5.97 Å². The van der Waals surface area contributed by atoms with Crippen molar-refractivity contribution in [2.24, 2.45) is 87.8 Å². The molecule has 0 radical (unpaired) electrons. The highest BCUT2D eigenvalue weighted by Gasteiger charge is 2.71. The first-order valence-corrected chi connectivity index (χ1v) is 16.8. The first-order chi connectivity index (χ1) is 17.9. The van der Waals surface area contributed by atoms with Gasteiger partial charge in [-0.15, -0.1) is 0 Å². The molecule has 7 atom stereocenters. The fourth-order valence-electron chi connectivity index (χ4n) is 15.7. The Morgan fingerprint density at radius 2 is 1.11 bits per heavy atom. The molecule has 0 spiro atoms. The van der Waals surface area contributed by atoms with Crippen molar-refractivity contribution < 1.29 is 9.53 Å². The second-order valence-electron chi connectivity index (χ2n) is 17.5. The molecule has 12 bridgehead atoms. The van der Waals surface area contributed by atoms with E-state index < -0.39 is 0 Å². The number of carbonyl (C=O) groups excluding carboxylic acids is 1. The Morgan fingerprint density at radius 3 is 1.59 bits per heavy atom. The van der Waals surface area contributed by atoms with Crippen molar-refractivity contribution in [3.63, 3.8) is 0 Å². The second-order valence-corrected chi connectivity index (χ2v) is 17.5. The van der Waals surface area contributed by atoms with Gasteiger partial charge in [-0.3, -0.25) is 4.79 Å². The molecule has 0 aliphatic heterocycles. The molecule has 2 nitrogen and oxygen atoms in total. The van der Waals surface area contributed by atoms with Gasteiger partial charge in [-0.25, -0.2) is 0 Å². The van der Waals surface area contributed by atoms with Gasteiger partial charge in [-0.05, 0) is 174 Å². The van der Waals surface area contributed by atoms with E-state index in [-0.39, 0.29) is 28.3 Å². The maximum Gasteiger partial charge on any atom is 0.309 e. The van der Waals surface area contributed by atoms with Gasteiger partial charge in [0.2, 0.25) is 0 Å². The number of allylic oxidation sites excluding steroid dienone is 2. The normalized spacial score (nSPS) is 62.4. The van der Waals surface area contributed by atoms with Crippen LogP contribution in [-0.4, -0.2) is 11.6 Å². The van der Waals surface area contributed by atoms with E-state index in [1.165, 1.54) is 89.9 Å². The summed E-state index contributed by atoms with van der Waals surface area (Å²) < 4.78 is 7.42. The molecular formula is C35H48O2. The van der Waals surface area contributed by atoms with Crippen molar-refractivity contribution in [2.75, 3.05) is 0 Å². The molecule has 2 heteroatoms. The minimum absolute atomic E-state index is 0.209.